The fourth-order valence-electron chi connectivity index (χ4n) is 4.25. The summed E-state index contributed by atoms with van der Waals surface area (Å²) in [6.07, 6.45) is 2.14. The van der Waals surface area contributed by atoms with E-state index in [9.17, 15) is 14.0 Å². The molecule has 0 heterocycles. The number of halogens is 1. The molecule has 1 atom stereocenters. The maximum Gasteiger partial charge on any atom is 0.317 e. The molecule has 0 unspecified atom stereocenters. The van der Waals surface area contributed by atoms with Crippen LogP contribution < -0.4 is 5.32 Å². The van der Waals surface area contributed by atoms with E-state index in [2.05, 4.69) is 19.2 Å². The zero-order valence-electron chi connectivity index (χ0n) is 18.1. The third kappa shape index (κ3) is 4.40. The van der Waals surface area contributed by atoms with Gasteiger partial charge in [0.15, 0.2) is 6.10 Å². The average Bonchev–Trinajstić information content (AvgIpc) is 3.21. The van der Waals surface area contributed by atoms with Crippen molar-refractivity contribution in [3.63, 3.8) is 0 Å². The Kier molecular flexibility index (Phi) is 6.59. The van der Waals surface area contributed by atoms with Crippen LogP contribution in [0.25, 0.3) is 0 Å². The number of hydrogen-bond acceptors (Lipinski definition) is 3. The van der Waals surface area contributed by atoms with Crippen molar-refractivity contribution >= 4 is 17.6 Å². The Balaban J connectivity index is 1.76. The number of rotatable bonds is 6. The monoisotopic (exact) mass is 411 g/mol. The van der Waals surface area contributed by atoms with Crippen molar-refractivity contribution in [3.05, 3.63) is 65.0 Å². The Labute approximate surface area is 177 Å². The van der Waals surface area contributed by atoms with E-state index in [0.717, 1.165) is 35.2 Å². The topological polar surface area (TPSA) is 55.4 Å². The average molecular weight is 412 g/mol. The van der Waals surface area contributed by atoms with E-state index in [1.54, 1.807) is 19.1 Å². The number of anilines is 1. The summed E-state index contributed by atoms with van der Waals surface area (Å²) in [5, 5.41) is 2.95. The fraction of sp³-hybridized carbons (Fsp3) is 0.440. The molecule has 1 aliphatic carbocycles. The molecule has 1 N–H and O–H groups in total. The lowest BCUT2D eigenvalue weighted by molar-refractivity contribution is -0.159. The van der Waals surface area contributed by atoms with Crippen LogP contribution in [0.4, 0.5) is 10.1 Å². The van der Waals surface area contributed by atoms with Gasteiger partial charge in [0.1, 0.15) is 5.82 Å². The van der Waals surface area contributed by atoms with Crippen LogP contribution in [-0.4, -0.2) is 18.0 Å². The second kappa shape index (κ2) is 8.99. The van der Waals surface area contributed by atoms with Crippen molar-refractivity contribution in [1.29, 1.82) is 0 Å². The van der Waals surface area contributed by atoms with Gasteiger partial charge in [0.25, 0.3) is 5.91 Å². The SMILES string of the molecule is Cc1cccc(C(C)C)c1NC(=O)[C@@H](C)OC(=O)C1(c2ccc(F)cc2)CCCC1. The van der Waals surface area contributed by atoms with Gasteiger partial charge in [0.05, 0.1) is 5.41 Å². The van der Waals surface area contributed by atoms with Crippen LogP contribution in [0, 0.1) is 12.7 Å². The highest BCUT2D eigenvalue weighted by molar-refractivity contribution is 5.97. The minimum absolute atomic E-state index is 0.248. The first-order chi connectivity index (χ1) is 14.2. The van der Waals surface area contributed by atoms with E-state index >= 15 is 0 Å². The number of nitrogens with one attached hydrogen (secondary N) is 1. The van der Waals surface area contributed by atoms with Gasteiger partial charge in [-0.05, 0) is 61.4 Å². The van der Waals surface area contributed by atoms with Gasteiger partial charge in [-0.25, -0.2) is 4.39 Å². The molecule has 0 aliphatic heterocycles. The van der Waals surface area contributed by atoms with Crippen LogP contribution in [0.1, 0.15) is 69.1 Å². The second-order valence-corrected chi connectivity index (χ2v) is 8.53. The van der Waals surface area contributed by atoms with Crippen LogP contribution >= 0.6 is 0 Å². The summed E-state index contributed by atoms with van der Waals surface area (Å²) in [7, 11) is 0. The van der Waals surface area contributed by atoms with E-state index in [-0.39, 0.29) is 17.6 Å². The largest absolute Gasteiger partial charge is 0.452 e. The lowest BCUT2D eigenvalue weighted by atomic mass is 9.79. The highest BCUT2D eigenvalue weighted by atomic mass is 19.1. The summed E-state index contributed by atoms with van der Waals surface area (Å²) in [4.78, 5) is 26.0. The molecule has 2 aromatic rings. The van der Waals surface area contributed by atoms with Gasteiger partial charge >= 0.3 is 5.97 Å². The number of carbonyl (C=O) groups excluding carboxylic acids is 2. The zero-order valence-corrected chi connectivity index (χ0v) is 18.1. The van der Waals surface area contributed by atoms with Gasteiger partial charge in [-0.1, -0.05) is 57.0 Å². The molecule has 0 spiro atoms. The third-order valence-electron chi connectivity index (χ3n) is 6.07. The van der Waals surface area contributed by atoms with Gasteiger partial charge in [0, 0.05) is 5.69 Å². The molecule has 30 heavy (non-hydrogen) atoms. The predicted octanol–water partition coefficient (Wildman–Crippen LogP) is 5.64. The lowest BCUT2D eigenvalue weighted by Gasteiger charge is -2.29. The number of hydrogen-bond donors (Lipinski definition) is 1. The summed E-state index contributed by atoms with van der Waals surface area (Å²) in [6.45, 7) is 7.68. The Bertz CT molecular complexity index is 914. The molecule has 1 fully saturated rings. The summed E-state index contributed by atoms with van der Waals surface area (Å²) in [5.41, 5.74) is 2.72. The molecule has 0 saturated heterocycles. The molecule has 3 rings (SSSR count). The molecule has 4 nitrogen and oxygen atoms in total. The van der Waals surface area contributed by atoms with E-state index < -0.39 is 17.5 Å². The standard InChI is InChI=1S/C25H30FNO3/c1-16(2)21-9-7-8-17(3)22(21)27-23(28)18(4)30-24(29)25(14-5-6-15-25)19-10-12-20(26)13-11-19/h7-13,16,18H,5-6,14-15H2,1-4H3,(H,27,28)/t18-/m1/s1. The fourth-order valence-corrected chi connectivity index (χ4v) is 4.25. The number of esters is 1. The third-order valence-corrected chi connectivity index (χ3v) is 6.07. The number of para-hydroxylation sites is 1. The minimum atomic E-state index is -0.935. The van der Waals surface area contributed by atoms with Gasteiger partial charge < -0.3 is 10.1 Å². The van der Waals surface area contributed by atoms with Crippen molar-refractivity contribution in [3.8, 4) is 0 Å². The highest BCUT2D eigenvalue weighted by Gasteiger charge is 2.45. The second-order valence-electron chi connectivity index (χ2n) is 8.53. The van der Waals surface area contributed by atoms with E-state index in [4.69, 9.17) is 4.74 Å². The smallest absolute Gasteiger partial charge is 0.317 e. The molecular formula is C25H30FNO3. The number of aryl methyl sites for hydroxylation is 1. The van der Waals surface area contributed by atoms with E-state index in [0.29, 0.717) is 12.8 Å². The Morgan fingerprint density at radius 3 is 2.27 bits per heavy atom. The molecule has 0 aromatic heterocycles. The number of amides is 1. The lowest BCUT2D eigenvalue weighted by Crippen LogP contribution is -2.40. The molecule has 0 radical (unpaired) electrons. The number of benzene rings is 2. The quantitative estimate of drug-likeness (QED) is 0.626. The molecule has 160 valence electrons. The highest BCUT2D eigenvalue weighted by Crippen LogP contribution is 2.42. The molecule has 2 aromatic carbocycles. The summed E-state index contributed by atoms with van der Waals surface area (Å²) < 4.78 is 19.0. The molecule has 1 saturated carbocycles. The van der Waals surface area contributed by atoms with Crippen LogP contribution in [-0.2, 0) is 19.7 Å². The summed E-state index contributed by atoms with van der Waals surface area (Å²) in [5.74, 6) is -0.861. The number of carbonyl (C=O) groups is 2. The van der Waals surface area contributed by atoms with Crippen molar-refractivity contribution in [2.24, 2.45) is 0 Å². The van der Waals surface area contributed by atoms with Gasteiger partial charge in [0.2, 0.25) is 0 Å². The predicted molar refractivity (Wildman–Crippen MR) is 116 cm³/mol. The van der Waals surface area contributed by atoms with Crippen LogP contribution in [0.15, 0.2) is 42.5 Å². The normalized spacial score (nSPS) is 16.3. The summed E-state index contributed by atoms with van der Waals surface area (Å²) in [6, 6.07) is 11.9. The zero-order chi connectivity index (χ0) is 21.9. The molecule has 1 aliphatic rings. The van der Waals surface area contributed by atoms with Crippen LogP contribution in [0.2, 0.25) is 0 Å². The van der Waals surface area contributed by atoms with Crippen LogP contribution in [0.5, 0.6) is 0 Å². The van der Waals surface area contributed by atoms with Crippen LogP contribution in [0.3, 0.4) is 0 Å². The Hall–Kier alpha value is -2.69. The Morgan fingerprint density at radius 1 is 1.03 bits per heavy atom. The van der Waals surface area contributed by atoms with E-state index in [1.807, 2.05) is 25.1 Å². The molecule has 0 bridgehead atoms. The molecule has 1 amide bonds. The van der Waals surface area contributed by atoms with E-state index in [1.165, 1.54) is 12.1 Å². The van der Waals surface area contributed by atoms with Crippen molar-refractivity contribution < 1.29 is 18.7 Å². The van der Waals surface area contributed by atoms with Crippen molar-refractivity contribution in [1.82, 2.24) is 0 Å². The first-order valence-electron chi connectivity index (χ1n) is 10.6. The van der Waals surface area contributed by atoms with Gasteiger partial charge in [-0.2, -0.15) is 0 Å². The van der Waals surface area contributed by atoms with Gasteiger partial charge in [-0.3, -0.25) is 9.59 Å². The maximum atomic E-state index is 13.4. The first kappa shape index (κ1) is 22.0. The maximum absolute atomic E-state index is 13.4. The first-order valence-corrected chi connectivity index (χ1v) is 10.6. The van der Waals surface area contributed by atoms with Gasteiger partial charge in [-0.15, -0.1) is 0 Å². The minimum Gasteiger partial charge on any atom is -0.452 e. The van der Waals surface area contributed by atoms with Crippen molar-refractivity contribution in [2.45, 2.75) is 70.8 Å². The Morgan fingerprint density at radius 2 is 1.67 bits per heavy atom. The number of ether oxygens (including phenoxy) is 1. The molecule has 5 heteroatoms. The summed E-state index contributed by atoms with van der Waals surface area (Å²) >= 11 is 0. The molecular weight excluding hydrogens is 381 g/mol. The van der Waals surface area contributed by atoms with Crippen molar-refractivity contribution in [2.75, 3.05) is 5.32 Å².